The topological polar surface area (TPSA) is 94.2 Å². The first-order valence-electron chi connectivity index (χ1n) is 12.7. The molecule has 0 spiro atoms. The molecule has 2 aromatic carbocycles. The number of rotatable bonds is 6. The van der Waals surface area contributed by atoms with Crippen LogP contribution in [0.25, 0.3) is 0 Å². The number of nitrogens with one attached hydrogen (secondary N) is 2. The Morgan fingerprint density at radius 2 is 1.76 bits per heavy atom. The SMILES string of the molecule is CCOC(=O)C1=C(CN2CCCN(C(=O)Nc3ccccc3)CC2)N(C)C(=O)NC1c1ccccc1C. The number of hydrogen-bond donors (Lipinski definition) is 2. The molecule has 0 aromatic heterocycles. The highest BCUT2D eigenvalue weighted by Crippen LogP contribution is 2.33. The van der Waals surface area contributed by atoms with E-state index in [0.717, 1.165) is 29.8 Å². The standard InChI is InChI=1S/C28H35N5O4/c1-4-37-26(34)24-23(31(3)27(35)30-25(24)22-14-9-8-11-20(22)2)19-32-15-10-16-33(18-17-32)28(36)29-21-12-6-5-7-13-21/h5-9,11-14,25H,4,10,15-19H2,1-3H3,(H,29,36)(H,30,35). The largest absolute Gasteiger partial charge is 0.463 e. The molecule has 0 bridgehead atoms. The molecule has 9 nitrogen and oxygen atoms in total. The zero-order chi connectivity index (χ0) is 26.4. The Labute approximate surface area is 218 Å². The third kappa shape index (κ3) is 6.11. The number of urea groups is 2. The van der Waals surface area contributed by atoms with E-state index in [9.17, 15) is 14.4 Å². The van der Waals surface area contributed by atoms with Gasteiger partial charge in [0.25, 0.3) is 0 Å². The minimum Gasteiger partial charge on any atom is -0.463 e. The van der Waals surface area contributed by atoms with Crippen LogP contribution < -0.4 is 10.6 Å². The number of carbonyl (C=O) groups excluding carboxylic acids is 3. The molecule has 0 aliphatic carbocycles. The van der Waals surface area contributed by atoms with Crippen molar-refractivity contribution < 1.29 is 19.1 Å². The van der Waals surface area contributed by atoms with Gasteiger partial charge in [0.15, 0.2) is 0 Å². The summed E-state index contributed by atoms with van der Waals surface area (Å²) in [5.74, 6) is -0.434. The summed E-state index contributed by atoms with van der Waals surface area (Å²) in [4.78, 5) is 44.6. The van der Waals surface area contributed by atoms with Gasteiger partial charge in [-0.1, -0.05) is 42.5 Å². The van der Waals surface area contributed by atoms with E-state index >= 15 is 0 Å². The van der Waals surface area contributed by atoms with Gasteiger partial charge in [-0.05, 0) is 43.5 Å². The van der Waals surface area contributed by atoms with Crippen molar-refractivity contribution in [2.75, 3.05) is 51.7 Å². The van der Waals surface area contributed by atoms with E-state index in [2.05, 4.69) is 15.5 Å². The number of aryl methyl sites for hydroxylation is 1. The van der Waals surface area contributed by atoms with Crippen molar-refractivity contribution in [1.29, 1.82) is 0 Å². The first-order chi connectivity index (χ1) is 17.9. The Morgan fingerprint density at radius 3 is 2.49 bits per heavy atom. The molecule has 2 aliphatic heterocycles. The lowest BCUT2D eigenvalue weighted by Crippen LogP contribution is -2.49. The Balaban J connectivity index is 1.56. The first kappa shape index (κ1) is 26.2. The smallest absolute Gasteiger partial charge is 0.338 e. The number of amides is 4. The first-order valence-corrected chi connectivity index (χ1v) is 12.7. The van der Waals surface area contributed by atoms with Crippen LogP contribution in [0.3, 0.4) is 0 Å². The van der Waals surface area contributed by atoms with E-state index in [-0.39, 0.29) is 18.7 Å². The lowest BCUT2D eigenvalue weighted by Gasteiger charge is -2.37. The number of ether oxygens (including phenoxy) is 1. The fraction of sp³-hybridized carbons (Fsp3) is 0.393. The normalized spacial score (nSPS) is 18.8. The lowest BCUT2D eigenvalue weighted by molar-refractivity contribution is -0.139. The summed E-state index contributed by atoms with van der Waals surface area (Å²) < 4.78 is 5.45. The molecule has 1 unspecified atom stereocenters. The molecular formula is C28H35N5O4. The van der Waals surface area contributed by atoms with E-state index in [1.54, 1.807) is 18.9 Å². The van der Waals surface area contributed by atoms with Gasteiger partial charge in [-0.25, -0.2) is 14.4 Å². The van der Waals surface area contributed by atoms with Crippen LogP contribution in [-0.2, 0) is 9.53 Å². The molecule has 1 fully saturated rings. The van der Waals surface area contributed by atoms with Crippen molar-refractivity contribution >= 4 is 23.7 Å². The number of para-hydroxylation sites is 1. The van der Waals surface area contributed by atoms with Gasteiger partial charge in [-0.2, -0.15) is 0 Å². The molecule has 2 N–H and O–H groups in total. The third-order valence-electron chi connectivity index (χ3n) is 6.85. The monoisotopic (exact) mass is 505 g/mol. The van der Waals surface area contributed by atoms with Crippen LogP contribution in [-0.4, -0.2) is 79.1 Å². The van der Waals surface area contributed by atoms with Crippen molar-refractivity contribution in [1.82, 2.24) is 20.0 Å². The summed E-state index contributed by atoms with van der Waals surface area (Å²) in [5.41, 5.74) is 3.67. The summed E-state index contributed by atoms with van der Waals surface area (Å²) in [5, 5.41) is 5.94. The van der Waals surface area contributed by atoms with Crippen LogP contribution in [0.2, 0.25) is 0 Å². The van der Waals surface area contributed by atoms with Crippen molar-refractivity contribution in [2.45, 2.75) is 26.3 Å². The molecule has 2 aliphatic rings. The number of esters is 1. The third-order valence-corrected chi connectivity index (χ3v) is 6.85. The maximum Gasteiger partial charge on any atom is 0.338 e. The maximum absolute atomic E-state index is 13.2. The van der Waals surface area contributed by atoms with Crippen LogP contribution >= 0.6 is 0 Å². The summed E-state index contributed by atoms with van der Waals surface area (Å²) in [6.07, 6.45) is 0.779. The number of anilines is 1. The summed E-state index contributed by atoms with van der Waals surface area (Å²) in [6, 6.07) is 16.1. The summed E-state index contributed by atoms with van der Waals surface area (Å²) in [6.45, 7) is 6.89. The number of hydrogen-bond acceptors (Lipinski definition) is 5. The molecule has 0 saturated carbocycles. The van der Waals surface area contributed by atoms with Gasteiger partial charge in [-0.15, -0.1) is 0 Å². The second-order valence-corrected chi connectivity index (χ2v) is 9.29. The molecule has 1 saturated heterocycles. The molecule has 0 radical (unpaired) electrons. The highest BCUT2D eigenvalue weighted by molar-refractivity contribution is 5.95. The van der Waals surface area contributed by atoms with Crippen LogP contribution in [0, 0.1) is 6.92 Å². The number of nitrogens with zero attached hydrogens (tertiary/aromatic N) is 3. The molecular weight excluding hydrogens is 470 g/mol. The number of benzene rings is 2. The molecule has 9 heteroatoms. The van der Waals surface area contributed by atoms with Gasteiger partial charge in [0.2, 0.25) is 0 Å². The molecule has 4 amide bonds. The second kappa shape index (κ2) is 11.9. The van der Waals surface area contributed by atoms with Gasteiger partial charge in [-0.3, -0.25) is 9.80 Å². The van der Waals surface area contributed by atoms with Crippen molar-refractivity contribution in [3.05, 3.63) is 77.0 Å². The van der Waals surface area contributed by atoms with Crippen LogP contribution in [0.4, 0.5) is 15.3 Å². The van der Waals surface area contributed by atoms with Crippen LogP contribution in [0.5, 0.6) is 0 Å². The minimum absolute atomic E-state index is 0.131. The fourth-order valence-electron chi connectivity index (χ4n) is 4.81. The Bertz CT molecular complexity index is 1170. The van der Waals surface area contributed by atoms with E-state index in [0.29, 0.717) is 37.4 Å². The van der Waals surface area contributed by atoms with Gasteiger partial charge >= 0.3 is 18.0 Å². The van der Waals surface area contributed by atoms with Crippen LogP contribution in [0.1, 0.15) is 30.5 Å². The van der Waals surface area contributed by atoms with Gasteiger partial charge in [0, 0.05) is 51.2 Å². The predicted octanol–water partition coefficient (Wildman–Crippen LogP) is 3.75. The Hall–Kier alpha value is -3.85. The van der Waals surface area contributed by atoms with Crippen LogP contribution in [0.15, 0.2) is 65.9 Å². The second-order valence-electron chi connectivity index (χ2n) is 9.29. The van der Waals surface area contributed by atoms with E-state index < -0.39 is 12.0 Å². The molecule has 2 heterocycles. The highest BCUT2D eigenvalue weighted by atomic mass is 16.5. The average molecular weight is 506 g/mol. The summed E-state index contributed by atoms with van der Waals surface area (Å²) >= 11 is 0. The predicted molar refractivity (Wildman–Crippen MR) is 142 cm³/mol. The zero-order valence-electron chi connectivity index (χ0n) is 21.7. The fourth-order valence-corrected chi connectivity index (χ4v) is 4.81. The quantitative estimate of drug-likeness (QED) is 0.584. The Morgan fingerprint density at radius 1 is 1.03 bits per heavy atom. The summed E-state index contributed by atoms with van der Waals surface area (Å²) in [7, 11) is 1.68. The average Bonchev–Trinajstić information content (AvgIpc) is 3.13. The van der Waals surface area contributed by atoms with Gasteiger partial charge in [0.1, 0.15) is 0 Å². The van der Waals surface area contributed by atoms with E-state index in [1.165, 1.54) is 4.90 Å². The Kier molecular flexibility index (Phi) is 8.45. The lowest BCUT2D eigenvalue weighted by atomic mass is 9.91. The molecule has 1 atom stereocenters. The number of likely N-dealkylation sites (N-methyl/N-ethyl adjacent to an activating group) is 1. The van der Waals surface area contributed by atoms with Crippen molar-refractivity contribution in [3.8, 4) is 0 Å². The highest BCUT2D eigenvalue weighted by Gasteiger charge is 2.38. The van der Waals surface area contributed by atoms with E-state index in [1.807, 2.05) is 61.5 Å². The van der Waals surface area contributed by atoms with Gasteiger partial charge < -0.3 is 20.3 Å². The molecule has 196 valence electrons. The molecule has 37 heavy (non-hydrogen) atoms. The number of carbonyl (C=O) groups is 3. The minimum atomic E-state index is -0.598. The van der Waals surface area contributed by atoms with Crippen molar-refractivity contribution in [3.63, 3.8) is 0 Å². The molecule has 2 aromatic rings. The van der Waals surface area contributed by atoms with Gasteiger partial charge in [0.05, 0.1) is 18.2 Å². The molecule has 4 rings (SSSR count). The zero-order valence-corrected chi connectivity index (χ0v) is 21.7. The maximum atomic E-state index is 13.2. The van der Waals surface area contributed by atoms with E-state index in [4.69, 9.17) is 4.74 Å². The van der Waals surface area contributed by atoms with Crippen molar-refractivity contribution in [2.24, 2.45) is 0 Å².